The van der Waals surface area contributed by atoms with Crippen LogP contribution in [0.5, 0.6) is 0 Å². The number of hydrogen-bond donors (Lipinski definition) is 3. The summed E-state index contributed by atoms with van der Waals surface area (Å²) in [5.74, 6) is 0.603. The van der Waals surface area contributed by atoms with Crippen molar-refractivity contribution in [1.29, 1.82) is 0 Å². The summed E-state index contributed by atoms with van der Waals surface area (Å²) in [6, 6.07) is 0.255. The van der Waals surface area contributed by atoms with Gasteiger partial charge in [-0.05, 0) is 31.6 Å². The maximum Gasteiger partial charge on any atom is 0.223 e. The van der Waals surface area contributed by atoms with Crippen molar-refractivity contribution in [3.05, 3.63) is 0 Å². The third-order valence-corrected chi connectivity index (χ3v) is 3.50. The molecule has 0 radical (unpaired) electrons. The molecule has 0 atom stereocenters. The summed E-state index contributed by atoms with van der Waals surface area (Å²) in [5, 5.41) is 5.68. The van der Waals surface area contributed by atoms with Crippen LogP contribution in [0.15, 0.2) is 0 Å². The van der Waals surface area contributed by atoms with E-state index in [0.29, 0.717) is 25.4 Å². The average Bonchev–Trinajstić information content (AvgIpc) is 2.37. The van der Waals surface area contributed by atoms with Gasteiger partial charge in [0.15, 0.2) is 0 Å². The number of amides is 2. The third-order valence-electron chi connectivity index (χ3n) is 3.50. The van der Waals surface area contributed by atoms with Crippen LogP contribution in [0.25, 0.3) is 0 Å². The molecule has 0 aromatic heterocycles. The van der Waals surface area contributed by atoms with Crippen LogP contribution in [0.1, 0.15) is 46.0 Å². The van der Waals surface area contributed by atoms with Gasteiger partial charge in [-0.25, -0.2) is 0 Å². The molecular weight excluding hydrogens is 242 g/mol. The summed E-state index contributed by atoms with van der Waals surface area (Å²) in [6.07, 6.45) is 3.93. The molecule has 1 fully saturated rings. The zero-order valence-corrected chi connectivity index (χ0v) is 12.1. The predicted octanol–water partition coefficient (Wildman–Crippen LogP) is 0.782. The molecule has 1 aliphatic rings. The van der Waals surface area contributed by atoms with Gasteiger partial charge in [0.25, 0.3) is 0 Å². The van der Waals surface area contributed by atoms with E-state index < -0.39 is 0 Å². The molecule has 1 rings (SSSR count). The largest absolute Gasteiger partial charge is 0.356 e. The minimum Gasteiger partial charge on any atom is -0.356 e. The molecule has 0 heterocycles. The standard InChI is InChI=1S/C14H27N3O2/c1-10(2)9-17-13(18)7-8-16-14(19)11-3-5-12(15)6-4-11/h10-12H,3-9,15H2,1-2H3,(H,16,19)(H,17,18). The molecule has 0 saturated heterocycles. The van der Waals surface area contributed by atoms with Gasteiger partial charge in [0.1, 0.15) is 0 Å². The summed E-state index contributed by atoms with van der Waals surface area (Å²) in [6.45, 7) is 5.21. The number of carbonyl (C=O) groups is 2. The van der Waals surface area contributed by atoms with Crippen molar-refractivity contribution in [2.75, 3.05) is 13.1 Å². The zero-order chi connectivity index (χ0) is 14.3. The van der Waals surface area contributed by atoms with Gasteiger partial charge in [-0.15, -0.1) is 0 Å². The number of rotatable bonds is 6. The number of hydrogen-bond acceptors (Lipinski definition) is 3. The summed E-state index contributed by atoms with van der Waals surface area (Å²) >= 11 is 0. The summed E-state index contributed by atoms with van der Waals surface area (Å²) in [5.41, 5.74) is 5.81. The van der Waals surface area contributed by atoms with Crippen molar-refractivity contribution in [3.8, 4) is 0 Å². The van der Waals surface area contributed by atoms with E-state index >= 15 is 0 Å². The minimum atomic E-state index is -0.000309. The van der Waals surface area contributed by atoms with Crippen LogP contribution in [0.4, 0.5) is 0 Å². The molecule has 19 heavy (non-hydrogen) atoms. The van der Waals surface area contributed by atoms with Crippen molar-refractivity contribution >= 4 is 11.8 Å². The van der Waals surface area contributed by atoms with Crippen molar-refractivity contribution in [2.24, 2.45) is 17.6 Å². The van der Waals surface area contributed by atoms with Crippen LogP contribution < -0.4 is 16.4 Å². The lowest BCUT2D eigenvalue weighted by molar-refractivity contribution is -0.126. The van der Waals surface area contributed by atoms with Crippen molar-refractivity contribution in [3.63, 3.8) is 0 Å². The van der Waals surface area contributed by atoms with E-state index in [1.807, 2.05) is 0 Å². The molecule has 0 spiro atoms. The molecule has 0 aromatic carbocycles. The average molecular weight is 269 g/mol. The molecule has 1 saturated carbocycles. The van der Waals surface area contributed by atoms with Gasteiger partial charge in [0.05, 0.1) is 0 Å². The van der Waals surface area contributed by atoms with Gasteiger partial charge >= 0.3 is 0 Å². The van der Waals surface area contributed by atoms with Gasteiger partial charge in [-0.1, -0.05) is 13.8 Å². The molecular formula is C14H27N3O2. The summed E-state index contributed by atoms with van der Waals surface area (Å²) in [4.78, 5) is 23.3. The van der Waals surface area contributed by atoms with E-state index in [4.69, 9.17) is 5.73 Å². The molecule has 0 bridgehead atoms. The Balaban J connectivity index is 2.11. The van der Waals surface area contributed by atoms with Gasteiger partial charge in [0, 0.05) is 31.5 Å². The zero-order valence-electron chi connectivity index (χ0n) is 12.1. The first-order valence-corrected chi connectivity index (χ1v) is 7.29. The highest BCUT2D eigenvalue weighted by molar-refractivity contribution is 5.80. The SMILES string of the molecule is CC(C)CNC(=O)CCNC(=O)C1CCC(N)CC1. The molecule has 4 N–H and O–H groups in total. The molecule has 0 aromatic rings. The maximum atomic E-state index is 11.9. The second-order valence-corrected chi connectivity index (χ2v) is 5.85. The quantitative estimate of drug-likeness (QED) is 0.666. The highest BCUT2D eigenvalue weighted by atomic mass is 16.2. The van der Waals surface area contributed by atoms with Crippen molar-refractivity contribution < 1.29 is 9.59 Å². The molecule has 110 valence electrons. The van der Waals surface area contributed by atoms with E-state index in [1.54, 1.807) is 0 Å². The molecule has 2 amide bonds. The second-order valence-electron chi connectivity index (χ2n) is 5.85. The van der Waals surface area contributed by atoms with Crippen molar-refractivity contribution in [1.82, 2.24) is 10.6 Å². The topological polar surface area (TPSA) is 84.2 Å². The Morgan fingerprint density at radius 1 is 1.16 bits per heavy atom. The number of nitrogens with two attached hydrogens (primary N) is 1. The first kappa shape index (κ1) is 16.0. The molecule has 5 heteroatoms. The van der Waals surface area contributed by atoms with Gasteiger partial charge < -0.3 is 16.4 Å². The van der Waals surface area contributed by atoms with E-state index in [-0.39, 0.29) is 23.8 Å². The lowest BCUT2D eigenvalue weighted by atomic mass is 9.86. The summed E-state index contributed by atoms with van der Waals surface area (Å²) < 4.78 is 0. The smallest absolute Gasteiger partial charge is 0.223 e. The Kier molecular flexibility index (Phi) is 6.84. The fourth-order valence-corrected chi connectivity index (χ4v) is 2.23. The predicted molar refractivity (Wildman–Crippen MR) is 75.4 cm³/mol. The fourth-order valence-electron chi connectivity index (χ4n) is 2.23. The monoisotopic (exact) mass is 269 g/mol. The first-order valence-electron chi connectivity index (χ1n) is 7.29. The van der Waals surface area contributed by atoms with E-state index in [1.165, 1.54) is 0 Å². The molecule has 5 nitrogen and oxygen atoms in total. The van der Waals surface area contributed by atoms with Crippen molar-refractivity contribution in [2.45, 2.75) is 52.0 Å². The van der Waals surface area contributed by atoms with Crippen LogP contribution in [-0.4, -0.2) is 30.9 Å². The van der Waals surface area contributed by atoms with Crippen LogP contribution in [-0.2, 0) is 9.59 Å². The number of nitrogens with one attached hydrogen (secondary N) is 2. The lowest BCUT2D eigenvalue weighted by Crippen LogP contribution is -2.38. The lowest BCUT2D eigenvalue weighted by Gasteiger charge is -2.25. The van der Waals surface area contributed by atoms with Crippen LogP contribution in [0, 0.1) is 11.8 Å². The third kappa shape index (κ3) is 6.57. The number of carbonyl (C=O) groups excluding carboxylic acids is 2. The highest BCUT2D eigenvalue weighted by Crippen LogP contribution is 2.22. The van der Waals surface area contributed by atoms with Crippen LogP contribution in [0.3, 0.4) is 0 Å². The Morgan fingerprint density at radius 3 is 2.37 bits per heavy atom. The normalized spacial score (nSPS) is 23.2. The van der Waals surface area contributed by atoms with Gasteiger partial charge in [-0.2, -0.15) is 0 Å². The summed E-state index contributed by atoms with van der Waals surface area (Å²) in [7, 11) is 0. The molecule has 0 aliphatic heterocycles. The van der Waals surface area contributed by atoms with Crippen LogP contribution >= 0.6 is 0 Å². The highest BCUT2D eigenvalue weighted by Gasteiger charge is 2.24. The Labute approximate surface area is 115 Å². The fraction of sp³-hybridized carbons (Fsp3) is 0.857. The molecule has 1 aliphatic carbocycles. The first-order chi connectivity index (χ1) is 8.99. The van der Waals surface area contributed by atoms with Crippen LogP contribution in [0.2, 0.25) is 0 Å². The van der Waals surface area contributed by atoms with E-state index in [0.717, 1.165) is 25.7 Å². The van der Waals surface area contributed by atoms with E-state index in [2.05, 4.69) is 24.5 Å². The van der Waals surface area contributed by atoms with Gasteiger partial charge in [-0.3, -0.25) is 9.59 Å². The second kappa shape index (κ2) is 8.15. The molecule has 0 unspecified atom stereocenters. The maximum absolute atomic E-state index is 11.9. The Bertz CT molecular complexity index is 297. The van der Waals surface area contributed by atoms with E-state index in [9.17, 15) is 9.59 Å². The Morgan fingerprint density at radius 2 is 1.79 bits per heavy atom. The Hall–Kier alpha value is -1.10. The van der Waals surface area contributed by atoms with Gasteiger partial charge in [0.2, 0.25) is 11.8 Å². The minimum absolute atomic E-state index is 0.000309.